The lowest BCUT2D eigenvalue weighted by molar-refractivity contribution is 0.172. The van der Waals surface area contributed by atoms with Crippen molar-refractivity contribution in [2.75, 3.05) is 24.4 Å². The average Bonchev–Trinajstić information content (AvgIpc) is 3.78. The number of likely N-dealkylation sites (tertiary alicyclic amines) is 1. The molecule has 204 valence electrons. The predicted molar refractivity (Wildman–Crippen MR) is 167 cm³/mol. The second-order valence-electron chi connectivity index (χ2n) is 10.9. The standard InChI is InChI=1S/C34H46N2OS/c1-5-8-26(6-2)33(9-7-24-37)34(30-14-16-31(17-15-30)35-38-32-18-19-32)29-12-10-27(11-13-29)28-20-22-36(23-21-28)25(3)4/h5-6,8,10-17,25,28,32,35,37H,7,9,18-24H2,1-4H3/b8-5-,26-6+,34-33+. The van der Waals surface area contributed by atoms with Crippen molar-refractivity contribution in [3.8, 4) is 0 Å². The highest BCUT2D eigenvalue weighted by molar-refractivity contribution is 8.01. The van der Waals surface area contributed by atoms with Crippen molar-refractivity contribution in [3.05, 3.63) is 94.6 Å². The van der Waals surface area contributed by atoms with Crippen molar-refractivity contribution in [3.63, 3.8) is 0 Å². The molecule has 2 N–H and O–H groups in total. The molecule has 2 aromatic rings. The Morgan fingerprint density at radius 2 is 1.61 bits per heavy atom. The molecule has 0 unspecified atom stereocenters. The van der Waals surface area contributed by atoms with E-state index in [1.165, 1.54) is 72.2 Å². The Balaban J connectivity index is 1.67. The van der Waals surface area contributed by atoms with E-state index in [1.54, 1.807) is 0 Å². The van der Waals surface area contributed by atoms with Gasteiger partial charge in [0.05, 0.1) is 0 Å². The SMILES string of the molecule is C\C=C/C(=C\C)C(/CCCO)=C(/c1ccc(NSC2CC2)cc1)c1ccc(C2CCN(C(C)C)CC2)cc1. The first-order chi connectivity index (χ1) is 18.5. The number of aliphatic hydroxyl groups excluding tert-OH is 1. The molecule has 0 radical (unpaired) electrons. The van der Waals surface area contributed by atoms with Gasteiger partial charge in [-0.3, -0.25) is 0 Å². The summed E-state index contributed by atoms with van der Waals surface area (Å²) in [5.41, 5.74) is 8.89. The predicted octanol–water partition coefficient (Wildman–Crippen LogP) is 8.59. The van der Waals surface area contributed by atoms with E-state index in [0.717, 1.165) is 23.8 Å². The van der Waals surface area contributed by atoms with Gasteiger partial charge in [-0.25, -0.2) is 0 Å². The van der Waals surface area contributed by atoms with Crippen LogP contribution in [0.5, 0.6) is 0 Å². The Morgan fingerprint density at radius 3 is 2.13 bits per heavy atom. The van der Waals surface area contributed by atoms with Crippen LogP contribution in [0.1, 0.15) is 88.8 Å². The smallest absolute Gasteiger partial charge is 0.0440 e. The van der Waals surface area contributed by atoms with E-state index in [9.17, 15) is 5.11 Å². The largest absolute Gasteiger partial charge is 0.396 e. The van der Waals surface area contributed by atoms with Gasteiger partial charge in [0, 0.05) is 23.6 Å². The molecule has 38 heavy (non-hydrogen) atoms. The van der Waals surface area contributed by atoms with Crippen LogP contribution in [0.25, 0.3) is 5.57 Å². The van der Waals surface area contributed by atoms with Crippen LogP contribution in [0, 0.1) is 0 Å². The maximum Gasteiger partial charge on any atom is 0.0440 e. The van der Waals surface area contributed by atoms with Gasteiger partial charge in [-0.1, -0.05) is 54.6 Å². The molecule has 0 atom stereocenters. The summed E-state index contributed by atoms with van der Waals surface area (Å²) < 4.78 is 3.53. The summed E-state index contributed by atoms with van der Waals surface area (Å²) in [6.45, 7) is 11.4. The highest BCUT2D eigenvalue weighted by Crippen LogP contribution is 2.37. The first kappa shape index (κ1) is 28.7. The van der Waals surface area contributed by atoms with E-state index in [-0.39, 0.29) is 6.61 Å². The maximum absolute atomic E-state index is 9.73. The monoisotopic (exact) mass is 530 g/mol. The third kappa shape index (κ3) is 7.65. The fourth-order valence-electron chi connectivity index (χ4n) is 5.45. The third-order valence-corrected chi connectivity index (χ3v) is 9.02. The van der Waals surface area contributed by atoms with Gasteiger partial charge < -0.3 is 14.7 Å². The first-order valence-electron chi connectivity index (χ1n) is 14.5. The van der Waals surface area contributed by atoms with Crippen molar-refractivity contribution in [1.29, 1.82) is 0 Å². The van der Waals surface area contributed by atoms with Crippen LogP contribution in [0.2, 0.25) is 0 Å². The third-order valence-electron chi connectivity index (χ3n) is 7.86. The number of benzene rings is 2. The fraction of sp³-hybridized carbons (Fsp3) is 0.471. The minimum atomic E-state index is 0.193. The Morgan fingerprint density at radius 1 is 0.974 bits per heavy atom. The molecule has 1 saturated carbocycles. The molecule has 2 fully saturated rings. The highest BCUT2D eigenvalue weighted by Gasteiger charge is 2.23. The molecule has 4 rings (SSSR count). The normalized spacial score (nSPS) is 18.3. The molecule has 1 heterocycles. The van der Waals surface area contributed by atoms with Gasteiger partial charge in [0.2, 0.25) is 0 Å². The number of aliphatic hydroxyl groups is 1. The Hall–Kier alpha value is -2.27. The van der Waals surface area contributed by atoms with Gasteiger partial charge >= 0.3 is 0 Å². The van der Waals surface area contributed by atoms with Crippen molar-refractivity contribution >= 4 is 23.2 Å². The second-order valence-corrected chi connectivity index (χ2v) is 12.1. The van der Waals surface area contributed by atoms with E-state index in [2.05, 4.69) is 104 Å². The van der Waals surface area contributed by atoms with E-state index in [0.29, 0.717) is 12.0 Å². The summed E-state index contributed by atoms with van der Waals surface area (Å²) in [6, 6.07) is 18.9. The minimum absolute atomic E-state index is 0.193. The summed E-state index contributed by atoms with van der Waals surface area (Å²) in [6.07, 6.45) is 13.2. The zero-order valence-corrected chi connectivity index (χ0v) is 24.6. The fourth-order valence-corrected chi connectivity index (χ4v) is 6.26. The van der Waals surface area contributed by atoms with Crippen molar-refractivity contribution in [2.24, 2.45) is 0 Å². The molecule has 0 spiro atoms. The second kappa shape index (κ2) is 14.2. The van der Waals surface area contributed by atoms with Gasteiger partial charge in [0.15, 0.2) is 0 Å². The Labute approximate surface area is 235 Å². The lowest BCUT2D eigenvalue weighted by atomic mass is 9.84. The lowest BCUT2D eigenvalue weighted by Crippen LogP contribution is -2.37. The summed E-state index contributed by atoms with van der Waals surface area (Å²) in [7, 11) is 0. The molecule has 1 aliphatic heterocycles. The number of hydrogen-bond acceptors (Lipinski definition) is 4. The van der Waals surface area contributed by atoms with E-state index >= 15 is 0 Å². The number of nitrogens with zero attached hydrogens (tertiary/aromatic N) is 1. The summed E-state index contributed by atoms with van der Waals surface area (Å²) >= 11 is 1.84. The summed E-state index contributed by atoms with van der Waals surface area (Å²) in [5.74, 6) is 0.642. The quantitative estimate of drug-likeness (QED) is 0.213. The zero-order chi connectivity index (χ0) is 26.9. The van der Waals surface area contributed by atoms with Crippen molar-refractivity contribution < 1.29 is 5.11 Å². The maximum atomic E-state index is 9.73. The molecule has 0 aromatic heterocycles. The van der Waals surface area contributed by atoms with Gasteiger partial charge in [-0.15, -0.1) is 0 Å². The number of piperidine rings is 1. The molecule has 3 nitrogen and oxygen atoms in total. The van der Waals surface area contributed by atoms with Gasteiger partial charge in [-0.2, -0.15) is 0 Å². The molecular weight excluding hydrogens is 484 g/mol. The van der Waals surface area contributed by atoms with Crippen LogP contribution in [0.15, 0.2) is 77.9 Å². The molecule has 0 amide bonds. The molecule has 1 saturated heterocycles. The molecular formula is C34H46N2OS. The number of nitrogens with one attached hydrogen (secondary N) is 1. The first-order valence-corrected chi connectivity index (χ1v) is 15.4. The number of hydrogen-bond donors (Lipinski definition) is 2. The van der Waals surface area contributed by atoms with Crippen molar-refractivity contribution in [2.45, 2.75) is 83.4 Å². The topological polar surface area (TPSA) is 35.5 Å². The van der Waals surface area contributed by atoms with Crippen LogP contribution in [0.3, 0.4) is 0 Å². The minimum Gasteiger partial charge on any atom is -0.396 e. The van der Waals surface area contributed by atoms with Crippen LogP contribution in [-0.4, -0.2) is 41.0 Å². The van der Waals surface area contributed by atoms with Crippen LogP contribution >= 0.6 is 11.9 Å². The summed E-state index contributed by atoms with van der Waals surface area (Å²) in [4.78, 5) is 2.60. The van der Waals surface area contributed by atoms with E-state index in [1.807, 2.05) is 11.9 Å². The van der Waals surface area contributed by atoms with E-state index < -0.39 is 0 Å². The van der Waals surface area contributed by atoms with Gasteiger partial charge in [0.1, 0.15) is 0 Å². The number of rotatable bonds is 12. The van der Waals surface area contributed by atoms with Gasteiger partial charge in [-0.05, 0) is 143 Å². The van der Waals surface area contributed by atoms with Crippen LogP contribution < -0.4 is 4.72 Å². The Kier molecular flexibility index (Phi) is 10.7. The molecule has 1 aliphatic carbocycles. The lowest BCUT2D eigenvalue weighted by Gasteiger charge is -2.34. The molecule has 4 heteroatoms. The van der Waals surface area contributed by atoms with Crippen LogP contribution in [-0.2, 0) is 0 Å². The number of anilines is 1. The zero-order valence-electron chi connectivity index (χ0n) is 23.7. The molecule has 2 aromatic carbocycles. The Bertz CT molecular complexity index is 1100. The summed E-state index contributed by atoms with van der Waals surface area (Å²) in [5, 5.41) is 10.5. The molecule has 0 bridgehead atoms. The molecule has 2 aliphatic rings. The average molecular weight is 531 g/mol. The van der Waals surface area contributed by atoms with Crippen LogP contribution in [0.4, 0.5) is 5.69 Å². The van der Waals surface area contributed by atoms with E-state index in [4.69, 9.17) is 0 Å². The highest BCUT2D eigenvalue weighted by atomic mass is 32.2. The number of allylic oxidation sites excluding steroid dienone is 5. The van der Waals surface area contributed by atoms with Crippen molar-refractivity contribution in [1.82, 2.24) is 4.90 Å². The van der Waals surface area contributed by atoms with Gasteiger partial charge in [0.25, 0.3) is 0 Å².